The van der Waals surface area contributed by atoms with Gasteiger partial charge >= 0.3 is 0 Å². The fourth-order valence-electron chi connectivity index (χ4n) is 3.98. The number of nitrogens with zero attached hydrogens (tertiary/aromatic N) is 1. The molecule has 0 saturated heterocycles. The first-order chi connectivity index (χ1) is 17.7. The van der Waals surface area contributed by atoms with Gasteiger partial charge in [0, 0.05) is 33.4 Å². The Bertz CT molecular complexity index is 1520. The molecule has 190 valence electrons. The van der Waals surface area contributed by atoms with Gasteiger partial charge in [-0.2, -0.15) is 0 Å². The highest BCUT2D eigenvalue weighted by atomic mass is 35.5. The van der Waals surface area contributed by atoms with Crippen LogP contribution in [0.2, 0.25) is 5.02 Å². The van der Waals surface area contributed by atoms with Gasteiger partial charge in [-0.15, -0.1) is 0 Å². The summed E-state index contributed by atoms with van der Waals surface area (Å²) in [6.45, 7) is 1.35. The van der Waals surface area contributed by atoms with E-state index in [4.69, 9.17) is 16.3 Å². The van der Waals surface area contributed by atoms with Crippen molar-refractivity contribution in [3.63, 3.8) is 0 Å². The van der Waals surface area contributed by atoms with Crippen molar-refractivity contribution in [2.45, 2.75) is 13.3 Å². The molecule has 4 aromatic rings. The van der Waals surface area contributed by atoms with Gasteiger partial charge in [0.2, 0.25) is 11.8 Å². The Kier molecular flexibility index (Phi) is 7.54. The van der Waals surface area contributed by atoms with Gasteiger partial charge in [0.1, 0.15) is 5.75 Å². The second-order valence-corrected chi connectivity index (χ2v) is 8.66. The van der Waals surface area contributed by atoms with Crippen molar-refractivity contribution in [3.8, 4) is 5.75 Å². The van der Waals surface area contributed by atoms with E-state index in [1.165, 1.54) is 17.7 Å². The van der Waals surface area contributed by atoms with E-state index in [2.05, 4.69) is 10.6 Å². The van der Waals surface area contributed by atoms with Gasteiger partial charge in [-0.25, -0.2) is 8.78 Å². The predicted molar refractivity (Wildman–Crippen MR) is 136 cm³/mol. The number of halogens is 3. The number of methoxy groups -OCH3 is 1. The summed E-state index contributed by atoms with van der Waals surface area (Å²) in [5, 5.41) is 6.06. The Balaban J connectivity index is 1.55. The van der Waals surface area contributed by atoms with Gasteiger partial charge in [-0.1, -0.05) is 11.6 Å². The Morgan fingerprint density at radius 2 is 1.68 bits per heavy atom. The van der Waals surface area contributed by atoms with E-state index in [1.807, 2.05) is 0 Å². The number of aromatic nitrogens is 1. The van der Waals surface area contributed by atoms with Gasteiger partial charge in [-0.3, -0.25) is 19.0 Å². The highest BCUT2D eigenvalue weighted by molar-refractivity contribution is 6.30. The van der Waals surface area contributed by atoms with E-state index >= 15 is 0 Å². The fourth-order valence-corrected chi connectivity index (χ4v) is 4.10. The van der Waals surface area contributed by atoms with Crippen LogP contribution < -0.4 is 15.4 Å². The lowest BCUT2D eigenvalue weighted by molar-refractivity contribution is -0.123. The monoisotopic (exact) mass is 525 g/mol. The number of nitrogens with one attached hydrogen (secondary N) is 2. The van der Waals surface area contributed by atoms with Gasteiger partial charge in [0.15, 0.2) is 11.6 Å². The average Bonchev–Trinajstić information content (AvgIpc) is 3.15. The van der Waals surface area contributed by atoms with E-state index in [-0.39, 0.29) is 24.6 Å². The third kappa shape index (κ3) is 5.62. The molecule has 1 heterocycles. The largest absolute Gasteiger partial charge is 0.497 e. The summed E-state index contributed by atoms with van der Waals surface area (Å²) in [5.74, 6) is -2.95. The van der Waals surface area contributed by atoms with Gasteiger partial charge in [-0.05, 0) is 67.1 Å². The summed E-state index contributed by atoms with van der Waals surface area (Å²) >= 11 is 5.96. The van der Waals surface area contributed by atoms with Crippen molar-refractivity contribution in [1.82, 2.24) is 9.88 Å². The van der Waals surface area contributed by atoms with Crippen LogP contribution in [-0.4, -0.2) is 35.9 Å². The highest BCUT2D eigenvalue weighted by Gasteiger charge is 2.22. The van der Waals surface area contributed by atoms with E-state index in [9.17, 15) is 23.2 Å². The van der Waals surface area contributed by atoms with Crippen molar-refractivity contribution in [3.05, 3.63) is 94.1 Å². The minimum absolute atomic E-state index is 0.0601. The van der Waals surface area contributed by atoms with Crippen LogP contribution in [0.4, 0.5) is 14.5 Å². The molecule has 0 unspecified atom stereocenters. The summed E-state index contributed by atoms with van der Waals surface area (Å²) in [5.41, 5.74) is 2.23. The molecule has 10 heteroatoms. The summed E-state index contributed by atoms with van der Waals surface area (Å²) in [6.07, 6.45) is -0.116. The Morgan fingerprint density at radius 1 is 0.946 bits per heavy atom. The van der Waals surface area contributed by atoms with E-state index < -0.39 is 23.4 Å². The zero-order valence-electron chi connectivity index (χ0n) is 19.9. The van der Waals surface area contributed by atoms with Gasteiger partial charge in [0.05, 0.1) is 25.6 Å². The number of hydrogen-bond acceptors (Lipinski definition) is 4. The Morgan fingerprint density at radius 3 is 2.35 bits per heavy atom. The summed E-state index contributed by atoms with van der Waals surface area (Å²) < 4.78 is 33.3. The quantitative estimate of drug-likeness (QED) is 0.360. The molecule has 2 N–H and O–H groups in total. The average molecular weight is 526 g/mol. The molecule has 2 amide bonds. The van der Waals surface area contributed by atoms with Crippen LogP contribution in [0.5, 0.6) is 5.75 Å². The molecular formula is C27H22ClF2N3O4. The molecule has 1 aromatic heterocycles. The van der Waals surface area contributed by atoms with Crippen LogP contribution in [-0.2, 0) is 16.0 Å². The zero-order chi connectivity index (χ0) is 26.7. The predicted octanol–water partition coefficient (Wildman–Crippen LogP) is 4.88. The van der Waals surface area contributed by atoms with Crippen LogP contribution in [0.1, 0.15) is 21.6 Å². The van der Waals surface area contributed by atoms with Crippen molar-refractivity contribution >= 4 is 45.9 Å². The molecule has 7 nitrogen and oxygen atoms in total. The Hall–Kier alpha value is -4.24. The fraction of sp³-hybridized carbons (Fsp3) is 0.148. The second-order valence-electron chi connectivity index (χ2n) is 8.23. The molecule has 0 fully saturated rings. The molecule has 0 radical (unpaired) electrons. The normalized spacial score (nSPS) is 10.8. The van der Waals surface area contributed by atoms with Gasteiger partial charge < -0.3 is 15.4 Å². The van der Waals surface area contributed by atoms with Crippen molar-refractivity contribution in [1.29, 1.82) is 0 Å². The third-order valence-corrected chi connectivity index (χ3v) is 6.07. The maximum absolute atomic E-state index is 13.4. The van der Waals surface area contributed by atoms with Crippen LogP contribution >= 0.6 is 11.6 Å². The summed E-state index contributed by atoms with van der Waals surface area (Å²) in [7, 11) is 1.52. The van der Waals surface area contributed by atoms with E-state index in [0.717, 1.165) is 12.1 Å². The molecular weight excluding hydrogens is 504 g/mol. The number of carbonyl (C=O) groups excluding carboxylic acids is 3. The molecule has 0 aliphatic rings. The van der Waals surface area contributed by atoms with E-state index in [0.29, 0.717) is 38.5 Å². The van der Waals surface area contributed by atoms with Crippen molar-refractivity contribution < 1.29 is 27.9 Å². The number of amides is 2. The molecule has 0 atom stereocenters. The summed E-state index contributed by atoms with van der Waals surface area (Å²) in [4.78, 5) is 38.3. The highest BCUT2D eigenvalue weighted by Crippen LogP contribution is 2.31. The first-order valence-corrected chi connectivity index (χ1v) is 11.6. The van der Waals surface area contributed by atoms with Crippen LogP contribution in [0.3, 0.4) is 0 Å². The van der Waals surface area contributed by atoms with E-state index in [1.54, 1.807) is 49.4 Å². The molecule has 37 heavy (non-hydrogen) atoms. The standard InChI is InChI=1S/C27H22ClF2N3O4/c1-15-20(13-25(34)31-14-26(35)32-18-7-9-22(29)23(30)11-18)21-12-19(37-2)8-10-24(21)33(15)27(36)16-3-5-17(28)6-4-16/h3-12H,13-14H2,1-2H3,(H,31,34)(H,32,35). The van der Waals surface area contributed by atoms with Crippen LogP contribution in [0.15, 0.2) is 60.7 Å². The van der Waals surface area contributed by atoms with Gasteiger partial charge in [0.25, 0.3) is 5.91 Å². The van der Waals surface area contributed by atoms with Crippen molar-refractivity contribution in [2.24, 2.45) is 0 Å². The van der Waals surface area contributed by atoms with Crippen LogP contribution in [0.25, 0.3) is 10.9 Å². The molecule has 0 bridgehead atoms. The maximum Gasteiger partial charge on any atom is 0.262 e. The molecule has 0 saturated carbocycles. The first-order valence-electron chi connectivity index (χ1n) is 11.2. The molecule has 0 aliphatic heterocycles. The molecule has 4 rings (SSSR count). The Labute approximate surface area is 216 Å². The zero-order valence-corrected chi connectivity index (χ0v) is 20.7. The minimum atomic E-state index is -1.10. The summed E-state index contributed by atoms with van der Waals surface area (Å²) in [6, 6.07) is 14.6. The number of anilines is 1. The maximum atomic E-state index is 13.4. The number of fused-ring (bicyclic) bond motifs is 1. The van der Waals surface area contributed by atoms with Crippen LogP contribution in [0, 0.1) is 18.6 Å². The topological polar surface area (TPSA) is 89.4 Å². The second kappa shape index (κ2) is 10.8. The SMILES string of the molecule is COc1ccc2c(c1)c(CC(=O)NCC(=O)Nc1ccc(F)c(F)c1)c(C)n2C(=O)c1ccc(Cl)cc1. The lowest BCUT2D eigenvalue weighted by atomic mass is 10.1. The van der Waals surface area contributed by atoms with Crippen molar-refractivity contribution in [2.75, 3.05) is 19.0 Å². The lowest BCUT2D eigenvalue weighted by Crippen LogP contribution is -2.34. The number of rotatable bonds is 7. The molecule has 0 aliphatic carbocycles. The lowest BCUT2D eigenvalue weighted by Gasteiger charge is -2.09. The first kappa shape index (κ1) is 25.8. The number of benzene rings is 3. The number of ether oxygens (including phenoxy) is 1. The third-order valence-electron chi connectivity index (χ3n) is 5.82. The molecule has 3 aromatic carbocycles. The smallest absolute Gasteiger partial charge is 0.262 e. The molecule has 0 spiro atoms. The number of carbonyl (C=O) groups is 3. The minimum Gasteiger partial charge on any atom is -0.497 e. The number of hydrogen-bond donors (Lipinski definition) is 2.